The van der Waals surface area contributed by atoms with Gasteiger partial charge in [0.2, 0.25) is 0 Å². The van der Waals surface area contributed by atoms with Crippen molar-refractivity contribution in [3.8, 4) is 5.69 Å². The maximum absolute atomic E-state index is 14.4. The van der Waals surface area contributed by atoms with Crippen LogP contribution in [0.1, 0.15) is 42.0 Å². The van der Waals surface area contributed by atoms with Gasteiger partial charge in [0.25, 0.3) is 0 Å². The van der Waals surface area contributed by atoms with Crippen LogP contribution in [0.4, 0.5) is 4.39 Å². The van der Waals surface area contributed by atoms with Gasteiger partial charge in [-0.25, -0.2) is 4.39 Å². The van der Waals surface area contributed by atoms with Gasteiger partial charge in [0, 0.05) is 23.4 Å². The minimum Gasteiger partial charge on any atom is -0.315 e. The number of aromatic nitrogens is 1. The molecule has 2 aromatic rings. The van der Waals surface area contributed by atoms with Crippen LogP contribution in [0.3, 0.4) is 0 Å². The molecule has 0 saturated heterocycles. The number of fused-ring (bicyclic) bond motifs is 1. The van der Waals surface area contributed by atoms with E-state index in [0.717, 1.165) is 17.8 Å². The van der Waals surface area contributed by atoms with Gasteiger partial charge in [-0.2, -0.15) is 0 Å². The Morgan fingerprint density at radius 2 is 2.00 bits per heavy atom. The minimum atomic E-state index is -0.448. The first-order valence-electron chi connectivity index (χ1n) is 6.99. The van der Waals surface area contributed by atoms with E-state index < -0.39 is 5.82 Å². The van der Waals surface area contributed by atoms with Crippen molar-refractivity contribution in [1.82, 2.24) is 4.57 Å². The summed E-state index contributed by atoms with van der Waals surface area (Å²) in [6, 6.07) is 6.80. The van der Waals surface area contributed by atoms with Crippen LogP contribution in [0.5, 0.6) is 0 Å². The number of hydrogen-bond donors (Lipinski definition) is 0. The summed E-state index contributed by atoms with van der Waals surface area (Å²) in [7, 11) is 0. The zero-order chi connectivity index (χ0) is 15.4. The van der Waals surface area contributed by atoms with Gasteiger partial charge in [-0.05, 0) is 37.0 Å². The first-order valence-corrected chi connectivity index (χ1v) is 7.37. The lowest BCUT2D eigenvalue weighted by atomic mass is 9.76. The van der Waals surface area contributed by atoms with Crippen molar-refractivity contribution in [1.29, 1.82) is 0 Å². The summed E-state index contributed by atoms with van der Waals surface area (Å²) in [4.78, 5) is 12.3. The molecule has 0 bridgehead atoms. The van der Waals surface area contributed by atoms with Gasteiger partial charge in [0.15, 0.2) is 11.6 Å². The lowest BCUT2D eigenvalue weighted by molar-refractivity contribution is 0.0911. The molecule has 1 aromatic heterocycles. The van der Waals surface area contributed by atoms with Crippen molar-refractivity contribution >= 4 is 17.4 Å². The van der Waals surface area contributed by atoms with Gasteiger partial charge in [-0.3, -0.25) is 4.79 Å². The molecule has 1 aromatic carbocycles. The van der Waals surface area contributed by atoms with Crippen LogP contribution in [-0.4, -0.2) is 10.4 Å². The van der Waals surface area contributed by atoms with Crippen LogP contribution in [0.25, 0.3) is 5.69 Å². The Morgan fingerprint density at radius 3 is 2.71 bits per heavy atom. The Kier molecular flexibility index (Phi) is 3.21. The third-order valence-electron chi connectivity index (χ3n) is 4.04. The molecular formula is C17H17ClFNO. The number of rotatable bonds is 1. The smallest absolute Gasteiger partial charge is 0.165 e. The molecule has 0 radical (unpaired) electrons. The van der Waals surface area contributed by atoms with E-state index in [4.69, 9.17) is 11.6 Å². The summed E-state index contributed by atoms with van der Waals surface area (Å²) in [5, 5.41) is 0.0933. The Hall–Kier alpha value is -1.61. The number of halogens is 2. The van der Waals surface area contributed by atoms with E-state index in [1.54, 1.807) is 12.1 Å². The SMILES string of the molecule is Cc1cc2c(n1-c1cccc(Cl)c1F)CC(C)(C)CC2=O. The highest BCUT2D eigenvalue weighted by Gasteiger charge is 2.34. The lowest BCUT2D eigenvalue weighted by Crippen LogP contribution is -2.28. The van der Waals surface area contributed by atoms with Gasteiger partial charge < -0.3 is 4.57 Å². The standard InChI is InChI=1S/C17H17ClFNO/c1-10-7-11-14(8-17(2,3)9-15(11)21)20(10)13-6-4-5-12(18)16(13)19/h4-7H,8-9H2,1-3H3. The Bertz CT molecular complexity index is 745. The van der Waals surface area contributed by atoms with E-state index in [0.29, 0.717) is 17.7 Å². The van der Waals surface area contributed by atoms with Crippen LogP contribution in [0.15, 0.2) is 24.3 Å². The van der Waals surface area contributed by atoms with Gasteiger partial charge in [0.1, 0.15) is 0 Å². The maximum atomic E-state index is 14.4. The van der Waals surface area contributed by atoms with Crippen LogP contribution < -0.4 is 0 Å². The first-order chi connectivity index (χ1) is 9.80. The van der Waals surface area contributed by atoms with E-state index in [2.05, 4.69) is 13.8 Å². The van der Waals surface area contributed by atoms with Gasteiger partial charge in [-0.1, -0.05) is 31.5 Å². The summed E-state index contributed by atoms with van der Waals surface area (Å²) < 4.78 is 16.2. The lowest BCUT2D eigenvalue weighted by Gasteiger charge is -2.30. The van der Waals surface area contributed by atoms with Gasteiger partial charge >= 0.3 is 0 Å². The molecule has 0 amide bonds. The van der Waals surface area contributed by atoms with Gasteiger partial charge in [-0.15, -0.1) is 0 Å². The maximum Gasteiger partial charge on any atom is 0.165 e. The van der Waals surface area contributed by atoms with Crippen molar-refractivity contribution in [2.45, 2.75) is 33.6 Å². The normalized spacial score (nSPS) is 16.9. The monoisotopic (exact) mass is 305 g/mol. The number of ketones is 1. The van der Waals surface area contributed by atoms with Crippen LogP contribution >= 0.6 is 11.6 Å². The second-order valence-corrected chi connectivity index (χ2v) is 6.90. The molecule has 0 saturated carbocycles. The summed E-state index contributed by atoms with van der Waals surface area (Å²) in [6.07, 6.45) is 1.27. The summed E-state index contributed by atoms with van der Waals surface area (Å²) in [6.45, 7) is 6.02. The fourth-order valence-corrected chi connectivity index (χ4v) is 3.32. The van der Waals surface area contributed by atoms with Crippen LogP contribution in [-0.2, 0) is 6.42 Å². The topological polar surface area (TPSA) is 22.0 Å². The van der Waals surface area contributed by atoms with Gasteiger partial charge in [0.05, 0.1) is 10.7 Å². The van der Waals surface area contributed by atoms with Crippen LogP contribution in [0.2, 0.25) is 5.02 Å². The Morgan fingerprint density at radius 1 is 1.29 bits per heavy atom. The third kappa shape index (κ3) is 2.30. The van der Waals surface area contributed by atoms with Crippen molar-refractivity contribution in [2.75, 3.05) is 0 Å². The highest BCUT2D eigenvalue weighted by molar-refractivity contribution is 6.30. The summed E-state index contributed by atoms with van der Waals surface area (Å²) in [5.41, 5.74) is 2.75. The minimum absolute atomic E-state index is 0.0933. The molecule has 1 aliphatic rings. The quantitative estimate of drug-likeness (QED) is 0.746. The fraction of sp³-hybridized carbons (Fsp3) is 0.353. The number of carbonyl (C=O) groups is 1. The Balaban J connectivity index is 2.26. The van der Waals surface area contributed by atoms with Crippen LogP contribution in [0, 0.1) is 18.2 Å². The molecule has 0 aliphatic heterocycles. The van der Waals surface area contributed by atoms with Crippen molar-refractivity contribution < 1.29 is 9.18 Å². The number of aryl methyl sites for hydroxylation is 1. The second kappa shape index (κ2) is 4.70. The van der Waals surface area contributed by atoms with Crippen molar-refractivity contribution in [3.63, 3.8) is 0 Å². The number of benzene rings is 1. The molecule has 0 N–H and O–H groups in total. The van der Waals surface area contributed by atoms with E-state index in [-0.39, 0.29) is 16.2 Å². The second-order valence-electron chi connectivity index (χ2n) is 6.50. The number of carbonyl (C=O) groups excluding carboxylic acids is 1. The third-order valence-corrected chi connectivity index (χ3v) is 4.34. The number of nitrogens with zero attached hydrogens (tertiary/aromatic N) is 1. The van der Waals surface area contributed by atoms with E-state index in [1.807, 2.05) is 17.6 Å². The van der Waals surface area contributed by atoms with E-state index >= 15 is 0 Å². The first kappa shape index (κ1) is 14.3. The average molecular weight is 306 g/mol. The molecule has 0 unspecified atom stereocenters. The van der Waals surface area contributed by atoms with E-state index in [1.165, 1.54) is 6.07 Å². The summed E-state index contributed by atoms with van der Waals surface area (Å²) in [5.74, 6) is -0.318. The Labute approximate surface area is 128 Å². The van der Waals surface area contributed by atoms with E-state index in [9.17, 15) is 9.18 Å². The predicted octanol–water partition coefficient (Wildman–Crippen LogP) is 4.73. The molecule has 1 aliphatic carbocycles. The highest BCUT2D eigenvalue weighted by atomic mass is 35.5. The molecule has 1 heterocycles. The zero-order valence-corrected chi connectivity index (χ0v) is 13.1. The largest absolute Gasteiger partial charge is 0.315 e. The fourth-order valence-electron chi connectivity index (χ4n) is 3.15. The number of hydrogen-bond acceptors (Lipinski definition) is 1. The average Bonchev–Trinajstić information content (AvgIpc) is 2.69. The highest BCUT2D eigenvalue weighted by Crippen LogP contribution is 2.38. The van der Waals surface area contributed by atoms with Crippen molar-refractivity contribution in [3.05, 3.63) is 52.1 Å². The molecule has 2 nitrogen and oxygen atoms in total. The predicted molar refractivity (Wildman–Crippen MR) is 81.9 cm³/mol. The molecule has 0 atom stereocenters. The van der Waals surface area contributed by atoms with Crippen molar-refractivity contribution in [2.24, 2.45) is 5.41 Å². The molecular weight excluding hydrogens is 289 g/mol. The molecule has 0 fully saturated rings. The summed E-state index contributed by atoms with van der Waals surface area (Å²) >= 11 is 5.90. The molecule has 110 valence electrons. The molecule has 3 rings (SSSR count). The molecule has 21 heavy (non-hydrogen) atoms. The molecule has 4 heteroatoms. The zero-order valence-electron chi connectivity index (χ0n) is 12.3. The molecule has 0 spiro atoms. The number of Topliss-reactive ketones (excluding diaryl/α,β-unsaturated/α-hetero) is 1.